The summed E-state index contributed by atoms with van der Waals surface area (Å²) in [4.78, 5) is 12.3. The van der Waals surface area contributed by atoms with Crippen LogP contribution in [0.1, 0.15) is 55.9 Å². The molecule has 0 bridgehead atoms. The van der Waals surface area contributed by atoms with E-state index in [1.807, 2.05) is 0 Å². The van der Waals surface area contributed by atoms with E-state index in [4.69, 9.17) is 5.73 Å². The van der Waals surface area contributed by atoms with Crippen molar-refractivity contribution in [1.29, 1.82) is 0 Å². The molecule has 1 heterocycles. The Labute approximate surface area is 141 Å². The number of fused-ring (bicyclic) bond motifs is 1. The summed E-state index contributed by atoms with van der Waals surface area (Å²) in [5.74, 6) is 0.809. The smallest absolute Gasteiger partial charge is 0.228 e. The second-order valence-electron chi connectivity index (χ2n) is 6.84. The van der Waals surface area contributed by atoms with Crippen molar-refractivity contribution in [3.8, 4) is 0 Å². The number of aryl methyl sites for hydroxylation is 1. The van der Waals surface area contributed by atoms with Crippen LogP contribution >= 0.6 is 0 Å². The van der Waals surface area contributed by atoms with Crippen LogP contribution in [0.15, 0.2) is 18.2 Å². The van der Waals surface area contributed by atoms with Crippen LogP contribution in [-0.4, -0.2) is 15.0 Å². The first-order valence-electron chi connectivity index (χ1n) is 8.37. The number of benzene rings is 1. The summed E-state index contributed by atoms with van der Waals surface area (Å²) < 4.78 is 14.0. The minimum absolute atomic E-state index is 0.0392. The first-order chi connectivity index (χ1) is 11.3. The van der Waals surface area contributed by atoms with Gasteiger partial charge in [0.25, 0.3) is 0 Å². The molecule has 0 saturated carbocycles. The Morgan fingerprint density at radius 3 is 2.83 bits per heavy atom. The lowest BCUT2D eigenvalue weighted by Gasteiger charge is -2.32. The lowest BCUT2D eigenvalue weighted by molar-refractivity contribution is 0.317. The Bertz CT molecular complexity index is 763. The van der Waals surface area contributed by atoms with Gasteiger partial charge in [-0.3, -0.25) is 0 Å². The number of hydrogen-bond acceptors (Lipinski definition) is 5. The Hall–Kier alpha value is -2.24. The summed E-state index contributed by atoms with van der Waals surface area (Å²) in [6.45, 7) is 8.15. The van der Waals surface area contributed by atoms with Crippen molar-refractivity contribution in [2.24, 2.45) is 5.92 Å². The number of nitrogens with one attached hydrogen (secondary N) is 1. The fourth-order valence-electron chi connectivity index (χ4n) is 3.36. The van der Waals surface area contributed by atoms with Crippen molar-refractivity contribution in [2.75, 3.05) is 11.1 Å². The number of halogens is 1. The number of nitrogens with two attached hydrogens (primary N) is 1. The number of rotatable bonds is 4. The van der Waals surface area contributed by atoms with Gasteiger partial charge in [0.15, 0.2) is 12.0 Å². The van der Waals surface area contributed by atoms with Crippen LogP contribution in [0.3, 0.4) is 0 Å². The molecule has 24 heavy (non-hydrogen) atoms. The topological polar surface area (TPSA) is 76.7 Å². The number of hydrogen-bond donors (Lipinski definition) is 2. The molecule has 0 radical (unpaired) electrons. The fraction of sp³-hybridized carbons (Fsp3) is 0.500. The Morgan fingerprint density at radius 1 is 1.38 bits per heavy atom. The van der Waals surface area contributed by atoms with E-state index >= 15 is 0 Å². The predicted molar refractivity (Wildman–Crippen MR) is 93.4 cm³/mol. The number of nitrogens with zero attached hydrogens (tertiary/aromatic N) is 3. The molecule has 0 aliphatic heterocycles. The summed E-state index contributed by atoms with van der Waals surface area (Å²) in [5.41, 5.74) is 9.19. The van der Waals surface area contributed by atoms with Crippen molar-refractivity contribution in [2.45, 2.75) is 52.2 Å². The third-order valence-corrected chi connectivity index (χ3v) is 5.02. The molecular weight excluding hydrogens is 305 g/mol. The highest BCUT2D eigenvalue weighted by molar-refractivity contribution is 5.48. The monoisotopic (exact) mass is 329 g/mol. The summed E-state index contributed by atoms with van der Waals surface area (Å²) >= 11 is 0. The number of anilines is 2. The van der Waals surface area contributed by atoms with Crippen LogP contribution in [0.5, 0.6) is 0 Å². The largest absolute Gasteiger partial charge is 0.368 e. The van der Waals surface area contributed by atoms with Crippen molar-refractivity contribution in [3.63, 3.8) is 0 Å². The minimum Gasteiger partial charge on any atom is -0.368 e. The van der Waals surface area contributed by atoms with Gasteiger partial charge in [0.05, 0.1) is 5.54 Å². The Morgan fingerprint density at radius 2 is 2.12 bits per heavy atom. The molecule has 3 atom stereocenters. The maximum Gasteiger partial charge on any atom is 0.228 e. The van der Waals surface area contributed by atoms with Gasteiger partial charge in [-0.25, -0.2) is 4.39 Å². The molecule has 1 aromatic carbocycles. The van der Waals surface area contributed by atoms with Gasteiger partial charge < -0.3 is 11.1 Å². The van der Waals surface area contributed by atoms with Crippen LogP contribution in [0.4, 0.5) is 16.3 Å². The highest BCUT2D eigenvalue weighted by Gasteiger charge is 2.41. The maximum atomic E-state index is 14.0. The quantitative estimate of drug-likeness (QED) is 0.894. The molecule has 0 amide bonds. The molecule has 1 unspecified atom stereocenters. The molecule has 0 spiro atoms. The third-order valence-electron chi connectivity index (χ3n) is 5.02. The maximum absolute atomic E-state index is 14.0. The molecule has 0 saturated heterocycles. The average Bonchev–Trinajstić information content (AvgIpc) is 2.77. The van der Waals surface area contributed by atoms with E-state index in [0.717, 1.165) is 6.42 Å². The summed E-state index contributed by atoms with van der Waals surface area (Å²) in [7, 11) is 0. The normalized spacial score (nSPS) is 23.8. The van der Waals surface area contributed by atoms with E-state index in [0.29, 0.717) is 18.3 Å². The SMILES string of the molecule is CCC(F)c1nc(N)nc(N[C@@]2(C)c3cc(C)ccc3C[C@@H]2C)n1. The van der Waals surface area contributed by atoms with Crippen molar-refractivity contribution in [3.05, 3.63) is 40.7 Å². The molecule has 1 aliphatic carbocycles. The van der Waals surface area contributed by atoms with Crippen LogP contribution in [-0.2, 0) is 12.0 Å². The van der Waals surface area contributed by atoms with Gasteiger partial charge >= 0.3 is 0 Å². The highest BCUT2D eigenvalue weighted by Crippen LogP contribution is 2.43. The first kappa shape index (κ1) is 16.6. The predicted octanol–water partition coefficient (Wildman–Crippen LogP) is 3.70. The lowest BCUT2D eigenvalue weighted by Crippen LogP contribution is -2.36. The molecule has 6 heteroatoms. The molecule has 3 rings (SSSR count). The number of aromatic nitrogens is 3. The van der Waals surface area contributed by atoms with Gasteiger partial charge in [-0.2, -0.15) is 15.0 Å². The third kappa shape index (κ3) is 2.81. The van der Waals surface area contributed by atoms with Gasteiger partial charge in [-0.05, 0) is 43.7 Å². The van der Waals surface area contributed by atoms with Crippen LogP contribution in [0, 0.1) is 12.8 Å². The molecule has 5 nitrogen and oxygen atoms in total. The van der Waals surface area contributed by atoms with E-state index in [2.05, 4.69) is 59.2 Å². The van der Waals surface area contributed by atoms with Crippen molar-refractivity contribution < 1.29 is 4.39 Å². The van der Waals surface area contributed by atoms with Gasteiger partial charge in [0, 0.05) is 0 Å². The second-order valence-corrected chi connectivity index (χ2v) is 6.84. The number of alkyl halides is 1. The van der Waals surface area contributed by atoms with Crippen molar-refractivity contribution in [1.82, 2.24) is 15.0 Å². The summed E-state index contributed by atoms with van der Waals surface area (Å²) in [6, 6.07) is 6.50. The standard InChI is InChI=1S/C18H24FN5/c1-5-14(19)15-21-16(20)23-17(22-15)24-18(4)11(3)9-12-7-6-10(2)8-13(12)18/h6-8,11,14H,5,9H2,1-4H3,(H3,20,21,22,23,24)/t11-,14?,18+/m0/s1. The molecule has 128 valence electrons. The summed E-state index contributed by atoms with van der Waals surface area (Å²) in [5, 5.41) is 3.40. The zero-order valence-electron chi connectivity index (χ0n) is 14.6. The fourth-order valence-corrected chi connectivity index (χ4v) is 3.36. The summed E-state index contributed by atoms with van der Waals surface area (Å²) in [6.07, 6.45) is 0.0467. The van der Waals surface area contributed by atoms with Crippen LogP contribution in [0.25, 0.3) is 0 Å². The molecule has 1 aliphatic rings. The average molecular weight is 329 g/mol. The van der Waals surface area contributed by atoms with E-state index < -0.39 is 6.17 Å². The van der Waals surface area contributed by atoms with Crippen LogP contribution < -0.4 is 11.1 Å². The Kier molecular flexibility index (Phi) is 4.15. The van der Waals surface area contributed by atoms with Gasteiger partial charge in [-0.1, -0.05) is 37.6 Å². The zero-order chi connectivity index (χ0) is 17.5. The highest BCUT2D eigenvalue weighted by atomic mass is 19.1. The molecule has 1 aromatic heterocycles. The van der Waals surface area contributed by atoms with E-state index in [1.165, 1.54) is 16.7 Å². The van der Waals surface area contributed by atoms with Crippen LogP contribution in [0.2, 0.25) is 0 Å². The molecule has 3 N–H and O–H groups in total. The zero-order valence-corrected chi connectivity index (χ0v) is 14.6. The van der Waals surface area contributed by atoms with Gasteiger partial charge in [0.2, 0.25) is 11.9 Å². The molecular formula is C18H24FN5. The Balaban J connectivity index is 1.99. The molecule has 2 aromatic rings. The second kappa shape index (κ2) is 6.00. The van der Waals surface area contributed by atoms with E-state index in [-0.39, 0.29) is 17.3 Å². The number of nitrogen functional groups attached to an aromatic ring is 1. The lowest BCUT2D eigenvalue weighted by atomic mass is 9.86. The van der Waals surface area contributed by atoms with Gasteiger partial charge in [0.1, 0.15) is 0 Å². The first-order valence-corrected chi connectivity index (χ1v) is 8.37. The van der Waals surface area contributed by atoms with Crippen molar-refractivity contribution >= 4 is 11.9 Å². The van der Waals surface area contributed by atoms with Gasteiger partial charge in [-0.15, -0.1) is 0 Å². The molecule has 0 fully saturated rings. The van der Waals surface area contributed by atoms with E-state index in [9.17, 15) is 4.39 Å². The van der Waals surface area contributed by atoms with E-state index in [1.54, 1.807) is 6.92 Å². The minimum atomic E-state index is -1.24.